The lowest BCUT2D eigenvalue weighted by molar-refractivity contribution is 0.181. The molecule has 3 N–H and O–H groups in total. The minimum Gasteiger partial charge on any atom is -0.378 e. The zero-order chi connectivity index (χ0) is 13.8. The molecule has 1 aliphatic heterocycles. The molecular weight excluding hydrogens is 280 g/mol. The smallest absolute Gasteiger partial charge is 0.144 e. The molecule has 0 radical (unpaired) electrons. The molecule has 1 aromatic heterocycles. The Morgan fingerprint density at radius 2 is 2.21 bits per heavy atom. The maximum absolute atomic E-state index is 5.47. The summed E-state index contributed by atoms with van der Waals surface area (Å²) >= 11 is 3.92. The third kappa shape index (κ3) is 3.75. The van der Waals surface area contributed by atoms with E-state index in [1.807, 2.05) is 29.6 Å². The summed E-state index contributed by atoms with van der Waals surface area (Å²) in [5, 5.41) is 1.60. The lowest BCUT2D eigenvalue weighted by Crippen LogP contribution is -2.23. The predicted molar refractivity (Wildman–Crippen MR) is 82.3 cm³/mol. The molecule has 0 saturated carbocycles. The van der Waals surface area contributed by atoms with Gasteiger partial charge in [0.1, 0.15) is 11.6 Å². The van der Waals surface area contributed by atoms with Crippen molar-refractivity contribution < 1.29 is 4.74 Å². The van der Waals surface area contributed by atoms with Crippen molar-refractivity contribution in [3.63, 3.8) is 0 Å². The fourth-order valence-electron chi connectivity index (χ4n) is 1.88. The molecule has 0 bridgehead atoms. The van der Waals surface area contributed by atoms with E-state index in [2.05, 4.69) is 29.2 Å². The van der Waals surface area contributed by atoms with Crippen LogP contribution in [-0.4, -0.2) is 33.3 Å². The van der Waals surface area contributed by atoms with Gasteiger partial charge in [0.2, 0.25) is 0 Å². The SMILES string of the molecule is COCc1cc(NN)nc(C2CSC(C)C(C)S2)n1. The highest BCUT2D eigenvalue weighted by molar-refractivity contribution is 8.07. The first kappa shape index (κ1) is 14.9. The van der Waals surface area contributed by atoms with Crippen LogP contribution >= 0.6 is 23.5 Å². The molecule has 0 aromatic carbocycles. The van der Waals surface area contributed by atoms with Crippen LogP contribution < -0.4 is 11.3 Å². The van der Waals surface area contributed by atoms with Crippen molar-refractivity contribution in [2.75, 3.05) is 18.3 Å². The predicted octanol–water partition coefficient (Wildman–Crippen LogP) is 2.21. The molecule has 1 aromatic rings. The monoisotopic (exact) mass is 300 g/mol. The number of nitrogen functional groups attached to an aromatic ring is 1. The lowest BCUT2D eigenvalue weighted by Gasteiger charge is -2.30. The average Bonchev–Trinajstić information content (AvgIpc) is 2.42. The molecular formula is C12H20N4OS2. The van der Waals surface area contributed by atoms with Crippen LogP contribution in [-0.2, 0) is 11.3 Å². The minimum atomic E-state index is 0.320. The molecule has 5 nitrogen and oxygen atoms in total. The van der Waals surface area contributed by atoms with Crippen molar-refractivity contribution in [2.45, 2.75) is 36.2 Å². The summed E-state index contributed by atoms with van der Waals surface area (Å²) in [6.45, 7) is 5.00. The number of hydrogen-bond donors (Lipinski definition) is 2. The standard InChI is InChI=1S/C12H20N4OS2/c1-7-8(2)19-10(6-18-7)12-14-9(5-17-3)4-11(15-12)16-13/h4,7-8,10H,5-6,13H2,1-3H3,(H,14,15,16). The number of aromatic nitrogens is 2. The Balaban J connectivity index is 2.20. The molecule has 1 saturated heterocycles. The van der Waals surface area contributed by atoms with Crippen LogP contribution in [0.4, 0.5) is 5.82 Å². The largest absolute Gasteiger partial charge is 0.378 e. The molecule has 2 rings (SSSR count). The van der Waals surface area contributed by atoms with E-state index in [0.29, 0.717) is 28.2 Å². The number of ether oxygens (including phenoxy) is 1. The number of anilines is 1. The summed E-state index contributed by atoms with van der Waals surface area (Å²) in [5.41, 5.74) is 3.46. The molecule has 2 heterocycles. The van der Waals surface area contributed by atoms with Crippen LogP contribution in [0.1, 0.15) is 30.6 Å². The van der Waals surface area contributed by atoms with Gasteiger partial charge in [0.15, 0.2) is 0 Å². The van der Waals surface area contributed by atoms with Crippen LogP contribution in [0.2, 0.25) is 0 Å². The van der Waals surface area contributed by atoms with E-state index in [1.54, 1.807) is 7.11 Å². The molecule has 1 fully saturated rings. The van der Waals surface area contributed by atoms with Crippen molar-refractivity contribution >= 4 is 29.3 Å². The van der Waals surface area contributed by atoms with Gasteiger partial charge in [-0.15, -0.1) is 11.8 Å². The number of hydrazine groups is 1. The van der Waals surface area contributed by atoms with Gasteiger partial charge in [-0.05, 0) is 0 Å². The van der Waals surface area contributed by atoms with Gasteiger partial charge >= 0.3 is 0 Å². The second-order valence-electron chi connectivity index (χ2n) is 4.55. The van der Waals surface area contributed by atoms with Gasteiger partial charge in [0.25, 0.3) is 0 Å². The Kier molecular flexibility index (Phi) is 5.32. The number of thioether (sulfide) groups is 2. The molecule has 106 valence electrons. The van der Waals surface area contributed by atoms with Crippen molar-refractivity contribution in [1.29, 1.82) is 0 Å². The van der Waals surface area contributed by atoms with Gasteiger partial charge in [-0.2, -0.15) is 11.8 Å². The van der Waals surface area contributed by atoms with Crippen LogP contribution in [0, 0.1) is 0 Å². The van der Waals surface area contributed by atoms with Gasteiger partial charge in [-0.3, -0.25) is 0 Å². The summed E-state index contributed by atoms with van der Waals surface area (Å²) in [4.78, 5) is 9.07. The van der Waals surface area contributed by atoms with Crippen molar-refractivity contribution in [3.05, 3.63) is 17.6 Å². The Bertz CT molecular complexity index is 432. The third-order valence-corrected chi connectivity index (χ3v) is 6.46. The first-order valence-corrected chi connectivity index (χ1v) is 8.23. The van der Waals surface area contributed by atoms with Gasteiger partial charge in [-0.1, -0.05) is 13.8 Å². The first-order chi connectivity index (χ1) is 9.13. The number of nitrogens with two attached hydrogens (primary N) is 1. The maximum atomic E-state index is 5.47. The Morgan fingerprint density at radius 1 is 1.42 bits per heavy atom. The second-order valence-corrected chi connectivity index (χ2v) is 7.54. The van der Waals surface area contributed by atoms with Gasteiger partial charge in [-0.25, -0.2) is 15.8 Å². The molecule has 19 heavy (non-hydrogen) atoms. The molecule has 3 unspecified atom stereocenters. The zero-order valence-corrected chi connectivity index (χ0v) is 13.1. The highest BCUT2D eigenvalue weighted by Gasteiger charge is 2.28. The summed E-state index contributed by atoms with van der Waals surface area (Å²) < 4.78 is 5.14. The van der Waals surface area contributed by atoms with Crippen LogP contribution in [0.25, 0.3) is 0 Å². The van der Waals surface area contributed by atoms with Gasteiger partial charge in [0, 0.05) is 29.4 Å². The molecule has 0 aliphatic carbocycles. The fourth-order valence-corrected chi connectivity index (χ4v) is 4.72. The number of nitrogens with zero attached hydrogens (tertiary/aromatic N) is 2. The summed E-state index contributed by atoms with van der Waals surface area (Å²) in [6.07, 6.45) is 0. The fraction of sp³-hybridized carbons (Fsp3) is 0.667. The average molecular weight is 300 g/mol. The van der Waals surface area contributed by atoms with Crippen molar-refractivity contribution in [1.82, 2.24) is 9.97 Å². The van der Waals surface area contributed by atoms with Crippen LogP contribution in [0.15, 0.2) is 6.07 Å². The van der Waals surface area contributed by atoms with Gasteiger partial charge in [0.05, 0.1) is 17.6 Å². The second kappa shape index (κ2) is 6.78. The maximum Gasteiger partial charge on any atom is 0.144 e. The number of methoxy groups -OCH3 is 1. The van der Waals surface area contributed by atoms with Gasteiger partial charge < -0.3 is 10.2 Å². The van der Waals surface area contributed by atoms with Crippen molar-refractivity contribution in [3.8, 4) is 0 Å². The highest BCUT2D eigenvalue weighted by Crippen LogP contribution is 2.43. The molecule has 0 spiro atoms. The number of nitrogens with one attached hydrogen (secondary N) is 1. The normalized spacial score (nSPS) is 27.3. The summed E-state index contributed by atoms with van der Waals surface area (Å²) in [7, 11) is 1.66. The van der Waals surface area contributed by atoms with Crippen LogP contribution in [0.3, 0.4) is 0 Å². The van der Waals surface area contributed by atoms with E-state index in [0.717, 1.165) is 17.3 Å². The molecule has 1 aliphatic rings. The number of rotatable bonds is 4. The minimum absolute atomic E-state index is 0.320. The van der Waals surface area contributed by atoms with E-state index >= 15 is 0 Å². The Hall–Kier alpha value is -0.500. The zero-order valence-electron chi connectivity index (χ0n) is 11.4. The number of hydrogen-bond acceptors (Lipinski definition) is 7. The van der Waals surface area contributed by atoms with Crippen LogP contribution in [0.5, 0.6) is 0 Å². The van der Waals surface area contributed by atoms with E-state index in [-0.39, 0.29) is 0 Å². The van der Waals surface area contributed by atoms with E-state index in [9.17, 15) is 0 Å². The quantitative estimate of drug-likeness (QED) is 0.652. The topological polar surface area (TPSA) is 73.1 Å². The molecule has 3 atom stereocenters. The Morgan fingerprint density at radius 3 is 2.84 bits per heavy atom. The lowest BCUT2D eigenvalue weighted by atomic mass is 10.3. The first-order valence-electron chi connectivity index (χ1n) is 6.24. The van der Waals surface area contributed by atoms with E-state index in [4.69, 9.17) is 10.6 Å². The van der Waals surface area contributed by atoms with Crippen molar-refractivity contribution in [2.24, 2.45) is 5.84 Å². The summed E-state index contributed by atoms with van der Waals surface area (Å²) in [6, 6.07) is 1.82. The molecule has 0 amide bonds. The summed E-state index contributed by atoms with van der Waals surface area (Å²) in [5.74, 6) is 8.00. The van der Waals surface area contributed by atoms with E-state index in [1.165, 1.54) is 0 Å². The third-order valence-electron chi connectivity index (χ3n) is 3.08. The van der Waals surface area contributed by atoms with E-state index < -0.39 is 0 Å². The Labute approximate surface area is 122 Å². The molecule has 7 heteroatoms. The highest BCUT2D eigenvalue weighted by atomic mass is 32.2.